The van der Waals surface area contributed by atoms with Crippen molar-refractivity contribution in [2.24, 2.45) is 0 Å². The molecule has 0 radical (unpaired) electrons. The summed E-state index contributed by atoms with van der Waals surface area (Å²) < 4.78 is 1.78. The van der Waals surface area contributed by atoms with E-state index >= 15 is 0 Å². The number of aromatic nitrogens is 2. The molecule has 0 saturated carbocycles. The van der Waals surface area contributed by atoms with Crippen LogP contribution in [0.4, 0.5) is 0 Å². The van der Waals surface area contributed by atoms with Crippen LogP contribution < -0.4 is 0 Å². The molecule has 1 aliphatic heterocycles. The van der Waals surface area contributed by atoms with E-state index in [-0.39, 0.29) is 11.8 Å². The molecule has 0 saturated heterocycles. The van der Waals surface area contributed by atoms with E-state index in [9.17, 15) is 4.79 Å². The SMILES string of the molecule is CC1CC(=O)c2ccnn21. The summed E-state index contributed by atoms with van der Waals surface area (Å²) in [5, 5.41) is 4.02. The number of Topliss-reactive ketones (excluding diaryl/α,β-unsaturated/α-hetero) is 1. The Morgan fingerprint density at radius 3 is 3.30 bits per heavy atom. The number of hydrogen-bond acceptors (Lipinski definition) is 2. The topological polar surface area (TPSA) is 34.9 Å². The summed E-state index contributed by atoms with van der Waals surface area (Å²) in [6, 6.07) is 2.03. The molecule has 0 fully saturated rings. The van der Waals surface area contributed by atoms with Gasteiger partial charge in [0.2, 0.25) is 0 Å². The van der Waals surface area contributed by atoms with E-state index in [2.05, 4.69) is 5.10 Å². The van der Waals surface area contributed by atoms with Crippen LogP contribution in [0.3, 0.4) is 0 Å². The molecule has 1 aliphatic rings. The molecule has 0 bridgehead atoms. The normalized spacial score (nSPS) is 23.3. The maximum atomic E-state index is 11.1. The van der Waals surface area contributed by atoms with E-state index in [1.165, 1.54) is 0 Å². The van der Waals surface area contributed by atoms with Crippen molar-refractivity contribution >= 4 is 5.78 Å². The number of nitrogens with zero attached hydrogens (tertiary/aromatic N) is 2. The van der Waals surface area contributed by atoms with Crippen molar-refractivity contribution in [2.45, 2.75) is 19.4 Å². The van der Waals surface area contributed by atoms with Crippen molar-refractivity contribution < 1.29 is 4.79 Å². The summed E-state index contributed by atoms with van der Waals surface area (Å²) in [5.74, 6) is 0.213. The second-order valence-electron chi connectivity index (χ2n) is 2.64. The van der Waals surface area contributed by atoms with Crippen LogP contribution >= 0.6 is 0 Å². The standard InChI is InChI=1S/C7H8N2O/c1-5-4-7(10)6-2-3-8-9(5)6/h2-3,5H,4H2,1H3. The molecule has 1 atom stereocenters. The fourth-order valence-corrected chi connectivity index (χ4v) is 1.35. The molecule has 1 aromatic heterocycles. The summed E-state index contributed by atoms with van der Waals surface area (Å²) in [6.07, 6.45) is 2.28. The number of hydrogen-bond donors (Lipinski definition) is 0. The molecule has 0 spiro atoms. The van der Waals surface area contributed by atoms with Gasteiger partial charge in [0.25, 0.3) is 0 Å². The predicted molar refractivity (Wildman–Crippen MR) is 35.9 cm³/mol. The van der Waals surface area contributed by atoms with Gasteiger partial charge >= 0.3 is 0 Å². The summed E-state index contributed by atoms with van der Waals surface area (Å²) in [6.45, 7) is 2.00. The van der Waals surface area contributed by atoms with E-state index in [0.29, 0.717) is 6.42 Å². The van der Waals surface area contributed by atoms with Crippen LogP contribution in [0.5, 0.6) is 0 Å². The molecule has 2 heterocycles. The number of rotatable bonds is 0. The lowest BCUT2D eigenvalue weighted by Crippen LogP contribution is -1.99. The van der Waals surface area contributed by atoms with E-state index in [4.69, 9.17) is 0 Å². The van der Waals surface area contributed by atoms with Gasteiger partial charge in [0.1, 0.15) is 5.69 Å². The van der Waals surface area contributed by atoms with Crippen molar-refractivity contribution in [1.29, 1.82) is 0 Å². The number of ketones is 1. The Kier molecular flexibility index (Phi) is 0.952. The zero-order valence-electron chi connectivity index (χ0n) is 5.74. The molecule has 3 nitrogen and oxygen atoms in total. The summed E-state index contributed by atoms with van der Waals surface area (Å²) in [5.41, 5.74) is 0.757. The second-order valence-corrected chi connectivity index (χ2v) is 2.64. The van der Waals surface area contributed by atoms with Gasteiger partial charge in [-0.3, -0.25) is 9.48 Å². The molecule has 0 aromatic carbocycles. The Labute approximate surface area is 58.7 Å². The minimum Gasteiger partial charge on any atom is -0.292 e. The van der Waals surface area contributed by atoms with Crippen molar-refractivity contribution in [2.75, 3.05) is 0 Å². The van der Waals surface area contributed by atoms with Gasteiger partial charge in [-0.25, -0.2) is 0 Å². The Balaban J connectivity index is 2.58. The number of carbonyl (C=O) groups excluding carboxylic acids is 1. The molecule has 1 unspecified atom stereocenters. The first-order valence-electron chi connectivity index (χ1n) is 3.36. The second kappa shape index (κ2) is 1.68. The minimum absolute atomic E-state index is 0.213. The Bertz CT molecular complexity index is 277. The van der Waals surface area contributed by atoms with Crippen LogP contribution in [-0.2, 0) is 0 Å². The molecule has 2 rings (SSSR count). The van der Waals surface area contributed by atoms with Crippen LogP contribution in [0.2, 0.25) is 0 Å². The third kappa shape index (κ3) is 0.546. The predicted octanol–water partition coefficient (Wildman–Crippen LogP) is 1.03. The maximum absolute atomic E-state index is 11.1. The van der Waals surface area contributed by atoms with E-state index in [1.54, 1.807) is 16.9 Å². The van der Waals surface area contributed by atoms with E-state index in [1.807, 2.05) is 6.92 Å². The average molecular weight is 136 g/mol. The van der Waals surface area contributed by atoms with Crippen LogP contribution in [0.1, 0.15) is 29.9 Å². The largest absolute Gasteiger partial charge is 0.292 e. The number of fused-ring (bicyclic) bond motifs is 1. The number of carbonyl (C=O) groups is 1. The van der Waals surface area contributed by atoms with Crippen LogP contribution in [0.15, 0.2) is 12.3 Å². The highest BCUT2D eigenvalue weighted by atomic mass is 16.1. The van der Waals surface area contributed by atoms with Crippen molar-refractivity contribution in [1.82, 2.24) is 9.78 Å². The van der Waals surface area contributed by atoms with Crippen LogP contribution in [0, 0.1) is 0 Å². The molecule has 52 valence electrons. The van der Waals surface area contributed by atoms with Crippen LogP contribution in [0.25, 0.3) is 0 Å². The van der Waals surface area contributed by atoms with E-state index < -0.39 is 0 Å². The van der Waals surface area contributed by atoms with Gasteiger partial charge in [0.05, 0.1) is 6.04 Å². The Hall–Kier alpha value is -1.12. The van der Waals surface area contributed by atoms with Crippen molar-refractivity contribution in [3.8, 4) is 0 Å². The first-order valence-corrected chi connectivity index (χ1v) is 3.36. The van der Waals surface area contributed by atoms with Crippen molar-refractivity contribution in [3.63, 3.8) is 0 Å². The monoisotopic (exact) mass is 136 g/mol. The van der Waals surface area contributed by atoms with Gasteiger partial charge in [-0.2, -0.15) is 5.10 Å². The third-order valence-corrected chi connectivity index (χ3v) is 1.85. The highest BCUT2D eigenvalue weighted by Crippen LogP contribution is 2.22. The Morgan fingerprint density at radius 2 is 2.60 bits per heavy atom. The molecule has 0 N–H and O–H groups in total. The van der Waals surface area contributed by atoms with Gasteiger partial charge < -0.3 is 0 Å². The van der Waals surface area contributed by atoms with Crippen LogP contribution in [-0.4, -0.2) is 15.6 Å². The molecule has 3 heteroatoms. The molecule has 0 aliphatic carbocycles. The molecule has 1 aromatic rings. The lowest BCUT2D eigenvalue weighted by atomic mass is 10.2. The van der Waals surface area contributed by atoms with Gasteiger partial charge in [0, 0.05) is 12.6 Å². The Morgan fingerprint density at radius 1 is 1.80 bits per heavy atom. The third-order valence-electron chi connectivity index (χ3n) is 1.85. The summed E-state index contributed by atoms with van der Waals surface area (Å²) in [7, 11) is 0. The fraction of sp³-hybridized carbons (Fsp3) is 0.429. The maximum Gasteiger partial charge on any atom is 0.182 e. The highest BCUT2D eigenvalue weighted by Gasteiger charge is 2.25. The molecule has 0 amide bonds. The summed E-state index contributed by atoms with van der Waals surface area (Å²) >= 11 is 0. The molecule has 10 heavy (non-hydrogen) atoms. The lowest BCUT2D eigenvalue weighted by molar-refractivity contribution is 0.0990. The quantitative estimate of drug-likeness (QED) is 0.534. The molecular formula is C7H8N2O. The van der Waals surface area contributed by atoms with Gasteiger partial charge in [0.15, 0.2) is 5.78 Å². The highest BCUT2D eigenvalue weighted by molar-refractivity contribution is 5.96. The van der Waals surface area contributed by atoms with Gasteiger partial charge in [-0.05, 0) is 13.0 Å². The minimum atomic E-state index is 0.213. The van der Waals surface area contributed by atoms with Gasteiger partial charge in [-0.1, -0.05) is 0 Å². The average Bonchev–Trinajstić information content (AvgIpc) is 2.39. The van der Waals surface area contributed by atoms with E-state index in [0.717, 1.165) is 5.69 Å². The first kappa shape index (κ1) is 5.65. The molecular weight excluding hydrogens is 128 g/mol. The smallest absolute Gasteiger partial charge is 0.182 e. The fourth-order valence-electron chi connectivity index (χ4n) is 1.35. The summed E-state index contributed by atoms with van der Waals surface area (Å²) in [4.78, 5) is 11.1. The zero-order chi connectivity index (χ0) is 7.14. The van der Waals surface area contributed by atoms with Gasteiger partial charge in [-0.15, -0.1) is 0 Å². The van der Waals surface area contributed by atoms with Crippen molar-refractivity contribution in [3.05, 3.63) is 18.0 Å². The first-order chi connectivity index (χ1) is 4.79. The zero-order valence-corrected chi connectivity index (χ0v) is 5.74. The lowest BCUT2D eigenvalue weighted by Gasteiger charge is -1.99.